The molecule has 0 radical (unpaired) electrons. The fourth-order valence-electron chi connectivity index (χ4n) is 24.8. The number of ether oxygens (including phenoxy) is 6. The van der Waals surface area contributed by atoms with E-state index in [4.69, 9.17) is 28.4 Å². The summed E-state index contributed by atoms with van der Waals surface area (Å²) in [5, 5.41) is 26.5. The molecule has 0 aromatic heterocycles. The molecule has 0 amide bonds. The molecule has 0 fully saturated rings. The molecule has 0 aliphatic carbocycles. The van der Waals surface area contributed by atoms with Gasteiger partial charge in [0.1, 0.15) is 69.0 Å². The van der Waals surface area contributed by atoms with Crippen molar-refractivity contribution in [1.82, 2.24) is 0 Å². The molecule has 6 nitrogen and oxygen atoms in total. The molecular formula is C134H79B3O6. The topological polar surface area (TPSA) is 55.4 Å². The van der Waals surface area contributed by atoms with Crippen molar-refractivity contribution in [2.24, 2.45) is 0 Å². The maximum absolute atomic E-state index is 7.18. The van der Waals surface area contributed by atoms with Crippen LogP contribution in [0.1, 0.15) is 0 Å². The van der Waals surface area contributed by atoms with Crippen molar-refractivity contribution in [2.45, 2.75) is 0 Å². The zero-order valence-corrected chi connectivity index (χ0v) is 77.3. The molecule has 6 aliphatic rings. The van der Waals surface area contributed by atoms with Crippen LogP contribution in [0.15, 0.2) is 479 Å². The Balaban J connectivity index is 0.000000100. The van der Waals surface area contributed by atoms with Crippen LogP contribution in [0.3, 0.4) is 0 Å². The molecule has 0 unspecified atom stereocenters. The summed E-state index contributed by atoms with van der Waals surface area (Å²) in [6, 6.07) is 172. The van der Waals surface area contributed by atoms with Crippen LogP contribution in [0.4, 0.5) is 0 Å². The van der Waals surface area contributed by atoms with Gasteiger partial charge in [-0.05, 0) is 268 Å². The lowest BCUT2D eigenvalue weighted by Gasteiger charge is -2.35. The minimum absolute atomic E-state index is 0.0244. The first-order chi connectivity index (χ1) is 71.0. The third-order valence-corrected chi connectivity index (χ3v) is 30.7. The van der Waals surface area contributed by atoms with Crippen LogP contribution in [-0.2, 0) is 0 Å². The third-order valence-electron chi connectivity index (χ3n) is 30.7. The average Bonchev–Trinajstić information content (AvgIpc) is 0.632. The molecule has 26 aromatic rings. The van der Waals surface area contributed by atoms with Crippen molar-refractivity contribution >= 4 is 188 Å². The summed E-state index contributed by atoms with van der Waals surface area (Å²) in [6.07, 6.45) is 0. The van der Waals surface area contributed by atoms with Crippen LogP contribution in [0.2, 0.25) is 0 Å². The molecule has 0 atom stereocenters. The van der Waals surface area contributed by atoms with Gasteiger partial charge in [0.2, 0.25) is 0 Å². The predicted octanol–water partition coefficient (Wildman–Crippen LogP) is 29.9. The minimum Gasteiger partial charge on any atom is -0.458 e. The van der Waals surface area contributed by atoms with Gasteiger partial charge in [-0.25, -0.2) is 0 Å². The quantitative estimate of drug-likeness (QED) is 0.122. The van der Waals surface area contributed by atoms with Crippen LogP contribution < -0.4 is 77.6 Å². The Bertz CT molecular complexity index is 9650. The van der Waals surface area contributed by atoms with Gasteiger partial charge >= 0.3 is 0 Å². The van der Waals surface area contributed by atoms with Gasteiger partial charge in [-0.3, -0.25) is 0 Å². The monoisotopic (exact) mass is 1820 g/mol. The van der Waals surface area contributed by atoms with Gasteiger partial charge in [-0.15, -0.1) is 0 Å². The van der Waals surface area contributed by atoms with E-state index in [0.717, 1.165) is 118 Å². The van der Waals surface area contributed by atoms with Gasteiger partial charge in [0, 0.05) is 32.9 Å². The van der Waals surface area contributed by atoms with Crippen LogP contribution in [0.25, 0.3) is 185 Å². The summed E-state index contributed by atoms with van der Waals surface area (Å²) in [5.41, 5.74) is 24.7. The highest BCUT2D eigenvalue weighted by atomic mass is 16.5. The Kier molecular flexibility index (Phi) is 18.1. The maximum atomic E-state index is 7.18. The lowest BCUT2D eigenvalue weighted by Crippen LogP contribution is -2.58. The Morgan fingerprint density at radius 1 is 0.126 bits per heavy atom. The predicted molar refractivity (Wildman–Crippen MR) is 598 cm³/mol. The molecule has 6 aliphatic heterocycles. The normalized spacial score (nSPS) is 12.8. The van der Waals surface area contributed by atoms with E-state index in [2.05, 4.69) is 473 Å². The fraction of sp³-hybridized carbons (Fsp3) is 0. The Hall–Kier alpha value is -18.4. The van der Waals surface area contributed by atoms with E-state index in [1.54, 1.807) is 0 Å². The smallest absolute Gasteiger partial charge is 0.262 e. The molecule has 660 valence electrons. The Morgan fingerprint density at radius 2 is 0.399 bits per heavy atom. The number of hydrogen-bond donors (Lipinski definition) is 0. The van der Waals surface area contributed by atoms with Crippen LogP contribution in [-0.4, -0.2) is 20.1 Å². The highest BCUT2D eigenvalue weighted by Gasteiger charge is 2.47. The van der Waals surface area contributed by atoms with E-state index in [1.807, 2.05) is 6.07 Å². The first-order valence-corrected chi connectivity index (χ1v) is 49.2. The molecule has 9 heteroatoms. The third kappa shape index (κ3) is 12.4. The summed E-state index contributed by atoms with van der Waals surface area (Å²) in [7, 11) is 0. The van der Waals surface area contributed by atoms with Gasteiger partial charge in [0.25, 0.3) is 20.1 Å². The lowest BCUT2D eigenvalue weighted by molar-refractivity contribution is 0.465. The van der Waals surface area contributed by atoms with E-state index < -0.39 is 0 Å². The summed E-state index contributed by atoms with van der Waals surface area (Å²) >= 11 is 0. The molecule has 0 saturated carbocycles. The molecule has 0 saturated heterocycles. The van der Waals surface area contributed by atoms with Gasteiger partial charge in [-0.2, -0.15) is 0 Å². The second kappa shape index (κ2) is 32.1. The molecule has 143 heavy (non-hydrogen) atoms. The van der Waals surface area contributed by atoms with Crippen LogP contribution in [0.5, 0.6) is 69.0 Å². The Morgan fingerprint density at radius 3 is 0.818 bits per heavy atom. The SMILES string of the molecule is c1ccc(-c2c3ccccc3c(-c3cc4c5c(c3)Oc3ccc6ccccc6c3B5c3c(ccc5ccccc35)O4)c3ccccc23)cc1.c1ccc(-c2c3ccccc3c(-c3ccc4c(c3)Oc3c5c(cc6ccccc36)Oc3ccccc3B45)c3ccccc23)cc1.c1ccc(-c2c3ccccc3c(-c3ccc4c5c3Oc3ccc6ccccc6c3B5c3c(ccc5ccccc35)O4)c3ccccc23)cc1. The first kappa shape index (κ1) is 80.7. The number of rotatable bonds is 6. The maximum Gasteiger partial charge on any atom is 0.262 e. The van der Waals surface area contributed by atoms with Gasteiger partial charge in [-0.1, -0.05) is 413 Å². The van der Waals surface area contributed by atoms with E-state index in [1.165, 1.54) is 185 Å². The first-order valence-electron chi connectivity index (χ1n) is 49.2. The fourth-order valence-corrected chi connectivity index (χ4v) is 24.8. The van der Waals surface area contributed by atoms with E-state index >= 15 is 0 Å². The largest absolute Gasteiger partial charge is 0.458 e. The van der Waals surface area contributed by atoms with E-state index in [9.17, 15) is 0 Å². The summed E-state index contributed by atoms with van der Waals surface area (Å²) in [4.78, 5) is 0. The number of benzene rings is 26. The highest BCUT2D eigenvalue weighted by molar-refractivity contribution is 7.02. The standard InChI is InChI=1S/2C46H27BO2.C42H25BO2/c1-2-14-30(15-3-1)41-33-18-8-10-20-35(33)42(36-21-11-9-19-34(36)41)37-24-27-40-45-46(37)49-39-26-23-29-13-5-7-17-32(29)44(39)47(45)43-31-16-6-4-12-28(31)22-25-38(43)48-40;1-2-14-30(15-3-1)42-34-18-8-10-20-36(34)43(37-21-11-9-19-35(37)42)31-26-40-46-41(27-31)49-39-25-23-29-13-5-7-17-33(29)45(39)47(46)44-32-16-6-4-12-28(32)22-24-38(44)48-40;1-2-12-26(13-3-1)39-30-16-6-8-18-32(30)40(33-19-9-7-17-31(33)39)28-22-23-35-37(25-28)45-42-29-15-5-4-14-27(29)24-38-41(42)43(35)34-20-10-11-21-36(34)44-38/h2*1-27H;1-25H. The van der Waals surface area contributed by atoms with Gasteiger partial charge in [0.05, 0.1) is 0 Å². The van der Waals surface area contributed by atoms with Crippen LogP contribution >= 0.6 is 0 Å². The van der Waals surface area contributed by atoms with Crippen molar-refractivity contribution in [3.8, 4) is 136 Å². The van der Waals surface area contributed by atoms with Gasteiger partial charge < -0.3 is 28.4 Å². The molecule has 26 aromatic carbocycles. The lowest BCUT2D eigenvalue weighted by atomic mass is 9.33. The number of hydrogen-bond acceptors (Lipinski definition) is 6. The zero-order valence-electron chi connectivity index (χ0n) is 77.3. The molecule has 0 spiro atoms. The summed E-state index contributed by atoms with van der Waals surface area (Å²) in [5.74, 6) is 10.6. The van der Waals surface area contributed by atoms with E-state index in [0.29, 0.717) is 0 Å². The van der Waals surface area contributed by atoms with Crippen molar-refractivity contribution in [3.05, 3.63) is 479 Å². The summed E-state index contributed by atoms with van der Waals surface area (Å²) in [6.45, 7) is -0.0928. The van der Waals surface area contributed by atoms with Crippen molar-refractivity contribution in [1.29, 1.82) is 0 Å². The molecule has 0 bridgehead atoms. The molecule has 32 rings (SSSR count). The zero-order chi connectivity index (χ0) is 93.6. The van der Waals surface area contributed by atoms with Crippen molar-refractivity contribution < 1.29 is 28.4 Å². The highest BCUT2D eigenvalue weighted by Crippen LogP contribution is 2.54. The van der Waals surface area contributed by atoms with Crippen molar-refractivity contribution in [3.63, 3.8) is 0 Å². The molecule has 6 heterocycles. The average molecular weight is 1820 g/mol. The van der Waals surface area contributed by atoms with Gasteiger partial charge in [0.15, 0.2) is 0 Å². The van der Waals surface area contributed by atoms with Crippen LogP contribution in [0, 0.1) is 0 Å². The number of fused-ring (bicyclic) bond motifs is 28. The number of para-hydroxylation sites is 1. The van der Waals surface area contributed by atoms with E-state index in [-0.39, 0.29) is 20.1 Å². The Labute approximate surface area is 825 Å². The molecule has 0 N–H and O–H groups in total. The second-order valence-corrected chi connectivity index (χ2v) is 38.2. The second-order valence-electron chi connectivity index (χ2n) is 38.2. The summed E-state index contributed by atoms with van der Waals surface area (Å²) < 4.78 is 41.4. The minimum atomic E-state index is -0.0734. The van der Waals surface area contributed by atoms with Crippen molar-refractivity contribution in [2.75, 3.05) is 0 Å². The molecular weight excluding hydrogens is 1740 g/mol.